The molecular weight excluding hydrogens is 364 g/mol. The number of hydrogen-bond acceptors (Lipinski definition) is 2. The number of hydrogen-bond donors (Lipinski definition) is 1. The van der Waals surface area contributed by atoms with Crippen LogP contribution in [0.2, 0.25) is 0 Å². The highest BCUT2D eigenvalue weighted by molar-refractivity contribution is 7.81. The second-order valence-corrected chi connectivity index (χ2v) is 7.12. The number of benzene rings is 2. The van der Waals surface area contributed by atoms with Gasteiger partial charge in [0.25, 0.3) is 0 Å². The molecule has 0 unspecified atom stereocenters. The quantitative estimate of drug-likeness (QED) is 0.290. The maximum absolute atomic E-state index is 13.3. The topological polar surface area (TPSA) is 39.0 Å². The fourth-order valence-electron chi connectivity index (χ4n) is 2.93. The Hall–Kier alpha value is -2.98. The van der Waals surface area contributed by atoms with Crippen LogP contribution in [-0.4, -0.2) is 4.99 Å². The van der Waals surface area contributed by atoms with Crippen molar-refractivity contribution in [2.75, 3.05) is 5.32 Å². The van der Waals surface area contributed by atoms with Crippen molar-refractivity contribution in [2.24, 2.45) is 0 Å². The molecule has 0 spiro atoms. The Labute approximate surface area is 172 Å². The van der Waals surface area contributed by atoms with E-state index < -0.39 is 0 Å². The molecule has 1 heterocycles. The molecule has 3 rings (SSSR count). The summed E-state index contributed by atoms with van der Waals surface area (Å²) in [5, 5.41) is 16.5. The van der Waals surface area contributed by atoms with Gasteiger partial charge in [-0.1, -0.05) is 74.6 Å². The lowest BCUT2D eigenvalue weighted by molar-refractivity contribution is -0.577. The molecule has 0 saturated heterocycles. The third-order valence-corrected chi connectivity index (χ3v) is 5.09. The van der Waals surface area contributed by atoms with Crippen molar-refractivity contribution in [2.45, 2.75) is 26.2 Å². The summed E-state index contributed by atoms with van der Waals surface area (Å²) in [5.41, 5.74) is 3.13. The maximum atomic E-state index is 13.3. The van der Waals surface area contributed by atoms with Crippen LogP contribution in [-0.2, 0) is 0 Å². The van der Waals surface area contributed by atoms with Gasteiger partial charge in [0.05, 0.1) is 0 Å². The van der Waals surface area contributed by atoms with Crippen LogP contribution in [0.5, 0.6) is 0 Å². The zero-order chi connectivity index (χ0) is 19.9. The molecule has 0 aliphatic carbocycles. The van der Waals surface area contributed by atoms with Gasteiger partial charge in [0, 0.05) is 17.8 Å². The average Bonchev–Trinajstić information content (AvgIpc) is 2.75. The van der Waals surface area contributed by atoms with Crippen LogP contribution in [0, 0.1) is 0 Å². The van der Waals surface area contributed by atoms with Gasteiger partial charge < -0.3 is 10.4 Å². The van der Waals surface area contributed by atoms with Crippen molar-refractivity contribution < 1.29 is 9.67 Å². The number of para-hydroxylation sites is 1. The van der Waals surface area contributed by atoms with Crippen LogP contribution < -0.4 is 15.0 Å². The number of rotatable bonds is 6. The Morgan fingerprint density at radius 2 is 1.57 bits per heavy atom. The first-order valence-electron chi connectivity index (χ1n) is 9.45. The average molecular weight is 389 g/mol. The van der Waals surface area contributed by atoms with E-state index in [0.717, 1.165) is 12.1 Å². The van der Waals surface area contributed by atoms with Crippen LogP contribution in [0.1, 0.15) is 37.3 Å². The standard InChI is InChI=1S/C24H24N2OS/c1-3-18(2)19-12-14-20(15-13-19)23(27)22(26-16-8-5-9-17-26)24(28)25-21-10-6-4-7-11-21/h4-18H,3H2,1-2H3,(H-,25,27,28)/t18-/m1/s1. The molecule has 0 radical (unpaired) electrons. The summed E-state index contributed by atoms with van der Waals surface area (Å²) in [6.45, 7) is 4.35. The Morgan fingerprint density at radius 3 is 2.18 bits per heavy atom. The summed E-state index contributed by atoms with van der Waals surface area (Å²) in [6.07, 6.45) is 4.73. The molecule has 0 aliphatic heterocycles. The van der Waals surface area contributed by atoms with Crippen molar-refractivity contribution in [3.05, 3.63) is 96.3 Å². The molecule has 1 atom stereocenters. The highest BCUT2D eigenvalue weighted by atomic mass is 32.1. The molecule has 0 fully saturated rings. The lowest BCUT2D eigenvalue weighted by atomic mass is 9.97. The van der Waals surface area contributed by atoms with Gasteiger partial charge in [-0.25, -0.2) is 0 Å². The van der Waals surface area contributed by atoms with Gasteiger partial charge in [0.15, 0.2) is 17.4 Å². The number of nitrogens with zero attached hydrogens (tertiary/aromatic N) is 1. The summed E-state index contributed by atoms with van der Waals surface area (Å²) in [4.78, 5) is 0.387. The van der Waals surface area contributed by atoms with E-state index in [2.05, 4.69) is 19.2 Å². The van der Waals surface area contributed by atoms with E-state index in [9.17, 15) is 5.11 Å². The number of pyridine rings is 1. The summed E-state index contributed by atoms with van der Waals surface area (Å²) < 4.78 is 1.77. The van der Waals surface area contributed by atoms with Crippen molar-refractivity contribution in [3.63, 3.8) is 0 Å². The largest absolute Gasteiger partial charge is 0.867 e. The van der Waals surface area contributed by atoms with E-state index in [1.54, 1.807) is 4.57 Å². The van der Waals surface area contributed by atoms with Gasteiger partial charge in [0.2, 0.25) is 5.70 Å². The second-order valence-electron chi connectivity index (χ2n) is 6.71. The van der Waals surface area contributed by atoms with Gasteiger partial charge in [-0.2, -0.15) is 4.57 Å². The number of nitrogens with one attached hydrogen (secondary N) is 1. The maximum Gasteiger partial charge on any atom is 0.238 e. The molecule has 4 heteroatoms. The summed E-state index contributed by atoms with van der Waals surface area (Å²) in [7, 11) is 0. The van der Waals surface area contributed by atoms with Crippen LogP contribution in [0.4, 0.5) is 5.69 Å². The molecule has 3 aromatic rings. The van der Waals surface area contributed by atoms with E-state index in [-0.39, 0.29) is 5.76 Å². The Balaban J connectivity index is 2.01. The highest BCUT2D eigenvalue weighted by Gasteiger charge is 2.18. The third-order valence-electron chi connectivity index (χ3n) is 4.79. The smallest absolute Gasteiger partial charge is 0.238 e. The number of aromatic nitrogens is 1. The zero-order valence-electron chi connectivity index (χ0n) is 16.1. The van der Waals surface area contributed by atoms with Crippen molar-refractivity contribution >= 4 is 34.3 Å². The monoisotopic (exact) mass is 388 g/mol. The summed E-state index contributed by atoms with van der Waals surface area (Å²) in [6, 6.07) is 23.1. The van der Waals surface area contributed by atoms with E-state index in [4.69, 9.17) is 12.2 Å². The third kappa shape index (κ3) is 4.65. The fraction of sp³-hybridized carbons (Fsp3) is 0.167. The van der Waals surface area contributed by atoms with Crippen LogP contribution in [0.15, 0.2) is 85.2 Å². The molecule has 0 bridgehead atoms. The predicted octanol–water partition coefficient (Wildman–Crippen LogP) is 4.61. The zero-order valence-corrected chi connectivity index (χ0v) is 16.9. The highest BCUT2D eigenvalue weighted by Crippen LogP contribution is 2.22. The normalized spacial score (nSPS) is 12.8. The SMILES string of the molecule is CC[C@@H](C)c1ccc(C([O-])=C(C(=S)Nc2ccccc2)[n+]2ccccc2)cc1. The molecule has 0 amide bonds. The summed E-state index contributed by atoms with van der Waals surface area (Å²) >= 11 is 5.61. The number of anilines is 1. The second kappa shape index (κ2) is 9.29. The molecule has 1 aromatic heterocycles. The number of thiocarbonyl (C=S) groups is 1. The van der Waals surface area contributed by atoms with Gasteiger partial charge in [-0.15, -0.1) is 0 Å². The van der Waals surface area contributed by atoms with Gasteiger partial charge in [0.1, 0.15) is 0 Å². The van der Waals surface area contributed by atoms with E-state index in [0.29, 0.717) is 22.2 Å². The molecule has 3 nitrogen and oxygen atoms in total. The minimum absolute atomic E-state index is 0.111. The van der Waals surface area contributed by atoms with Crippen LogP contribution >= 0.6 is 12.2 Å². The van der Waals surface area contributed by atoms with E-state index >= 15 is 0 Å². The molecule has 0 aliphatic rings. The van der Waals surface area contributed by atoms with Crippen LogP contribution in [0.3, 0.4) is 0 Å². The van der Waals surface area contributed by atoms with Gasteiger partial charge in [-0.3, -0.25) is 0 Å². The lowest BCUT2D eigenvalue weighted by Crippen LogP contribution is -2.39. The van der Waals surface area contributed by atoms with Crippen molar-refractivity contribution in [1.82, 2.24) is 0 Å². The molecule has 0 saturated carbocycles. The van der Waals surface area contributed by atoms with Gasteiger partial charge >= 0.3 is 0 Å². The Morgan fingerprint density at radius 1 is 0.964 bits per heavy atom. The minimum Gasteiger partial charge on any atom is -0.867 e. The molecule has 28 heavy (non-hydrogen) atoms. The molecule has 1 N–H and O–H groups in total. The lowest BCUT2D eigenvalue weighted by Gasteiger charge is -2.18. The van der Waals surface area contributed by atoms with E-state index in [1.807, 2.05) is 85.2 Å². The first-order valence-corrected chi connectivity index (χ1v) is 9.85. The first-order chi connectivity index (χ1) is 13.6. The van der Waals surface area contributed by atoms with E-state index in [1.165, 1.54) is 5.56 Å². The first kappa shape index (κ1) is 19.8. The Kier molecular flexibility index (Phi) is 6.56. The van der Waals surface area contributed by atoms with Crippen LogP contribution in [0.25, 0.3) is 11.5 Å². The van der Waals surface area contributed by atoms with Crippen molar-refractivity contribution in [1.29, 1.82) is 0 Å². The Bertz CT molecular complexity index is 951. The molecular formula is C24H24N2OS. The minimum atomic E-state index is -0.111. The van der Waals surface area contributed by atoms with Crippen molar-refractivity contribution in [3.8, 4) is 0 Å². The molecule has 2 aromatic carbocycles. The summed E-state index contributed by atoms with van der Waals surface area (Å²) in [5.74, 6) is 0.359. The molecule has 142 valence electrons. The fourth-order valence-corrected chi connectivity index (χ4v) is 3.25. The van der Waals surface area contributed by atoms with Gasteiger partial charge in [-0.05, 0) is 41.4 Å². The predicted molar refractivity (Wildman–Crippen MR) is 118 cm³/mol.